The third-order valence-electron chi connectivity index (χ3n) is 8.86. The molecule has 4 aliphatic heterocycles. The number of alkyl halides is 1. The number of hydrogen-bond donors (Lipinski definition) is 2. The first-order valence-electron chi connectivity index (χ1n) is 15.4. The highest BCUT2D eigenvalue weighted by Crippen LogP contribution is 2.28. The first-order valence-corrected chi connectivity index (χ1v) is 15.4. The van der Waals surface area contributed by atoms with Crippen LogP contribution in [-0.2, 0) is 14.3 Å². The molecule has 2 aromatic carbocycles. The second-order valence-electron chi connectivity index (χ2n) is 11.8. The van der Waals surface area contributed by atoms with Crippen LogP contribution >= 0.6 is 0 Å². The van der Waals surface area contributed by atoms with Gasteiger partial charge in [-0.1, -0.05) is 6.58 Å². The lowest BCUT2D eigenvalue weighted by Crippen LogP contribution is -2.60. The first-order chi connectivity index (χ1) is 22.3. The Kier molecular flexibility index (Phi) is 9.28. The highest BCUT2D eigenvalue weighted by atomic mass is 19.1. The lowest BCUT2D eigenvalue weighted by Gasteiger charge is -2.43. The zero-order valence-electron chi connectivity index (χ0n) is 25.5. The Morgan fingerprint density at radius 3 is 2.48 bits per heavy atom. The van der Waals surface area contributed by atoms with E-state index >= 15 is 4.39 Å². The number of likely N-dealkylation sites (tertiary alicyclic amines) is 1. The van der Waals surface area contributed by atoms with Gasteiger partial charge in [0, 0.05) is 56.1 Å². The summed E-state index contributed by atoms with van der Waals surface area (Å²) in [4.78, 5) is 38.4. The summed E-state index contributed by atoms with van der Waals surface area (Å²) in [5, 5.41) is 15.5. The molecule has 3 atom stereocenters. The number of carbonyl (C=O) groups is 2. The molecule has 4 saturated heterocycles. The molecule has 46 heavy (non-hydrogen) atoms. The van der Waals surface area contributed by atoms with Crippen molar-refractivity contribution in [3.8, 4) is 11.8 Å². The largest absolute Gasteiger partial charge is 0.486 e. The molecule has 4 fully saturated rings. The van der Waals surface area contributed by atoms with E-state index in [-0.39, 0.29) is 48.5 Å². The highest BCUT2D eigenvalue weighted by Gasteiger charge is 2.39. The first kappa shape index (κ1) is 31.2. The summed E-state index contributed by atoms with van der Waals surface area (Å²) >= 11 is 0. The minimum absolute atomic E-state index is 0.127. The molecule has 0 radical (unpaired) electrons. The Bertz CT molecular complexity index is 1550. The van der Waals surface area contributed by atoms with Gasteiger partial charge in [0.2, 0.25) is 17.8 Å². The van der Waals surface area contributed by atoms with Crippen molar-refractivity contribution >= 4 is 41.6 Å². The summed E-state index contributed by atoms with van der Waals surface area (Å²) < 4.78 is 26.3. The van der Waals surface area contributed by atoms with E-state index in [4.69, 9.17) is 9.47 Å². The Hall–Kier alpha value is -4.80. The molecule has 0 aromatic heterocycles. The number of carbonyl (C=O) groups excluding carboxylic acids is 2. The molecule has 0 unspecified atom stereocenters. The second kappa shape index (κ2) is 13.7. The molecule has 0 saturated carbocycles. The molecule has 2 aromatic rings. The number of piperazine rings is 1. The number of piperidine rings is 1. The predicted molar refractivity (Wildman–Crippen MR) is 173 cm³/mol. The molecule has 4 heterocycles. The summed E-state index contributed by atoms with van der Waals surface area (Å²) in [6.45, 7) is 13.5. The number of rotatable bonds is 8. The fraction of sp³-hybridized carbons (Fsp3) is 0.424. The summed E-state index contributed by atoms with van der Waals surface area (Å²) in [7, 11) is 0. The number of nitrogens with one attached hydrogen (secondary N) is 2. The third-order valence-corrected chi connectivity index (χ3v) is 8.86. The Morgan fingerprint density at radius 1 is 1.13 bits per heavy atom. The van der Waals surface area contributed by atoms with E-state index < -0.39 is 18.3 Å². The van der Waals surface area contributed by atoms with Crippen LogP contribution in [0.25, 0.3) is 5.70 Å². The van der Waals surface area contributed by atoms with E-state index in [1.54, 1.807) is 18.2 Å². The molecular formula is C33H37FN8O4. The summed E-state index contributed by atoms with van der Waals surface area (Å²) in [6.07, 6.45) is -1.88. The number of ether oxygens (including phenoxy) is 2. The smallest absolute Gasteiger partial charge is 0.245 e. The maximum atomic E-state index is 15.0. The van der Waals surface area contributed by atoms with E-state index in [2.05, 4.69) is 61.9 Å². The fourth-order valence-electron chi connectivity index (χ4n) is 5.97. The van der Waals surface area contributed by atoms with Crippen LogP contribution in [0.3, 0.4) is 0 Å². The zero-order chi connectivity index (χ0) is 32.2. The number of amides is 2. The van der Waals surface area contributed by atoms with E-state index in [1.807, 2.05) is 12.1 Å². The highest BCUT2D eigenvalue weighted by molar-refractivity contribution is 5.99. The molecule has 12 nitrogen and oxygen atoms in total. The summed E-state index contributed by atoms with van der Waals surface area (Å²) in [5.41, 5.74) is 3.06. The van der Waals surface area contributed by atoms with Crippen LogP contribution in [0.15, 0.2) is 59.0 Å². The fourth-order valence-corrected chi connectivity index (χ4v) is 5.97. The van der Waals surface area contributed by atoms with Gasteiger partial charge in [-0.3, -0.25) is 14.5 Å². The number of aliphatic imine (C=N–C) groups is 2. The van der Waals surface area contributed by atoms with Crippen LogP contribution in [0.2, 0.25) is 0 Å². The van der Waals surface area contributed by atoms with Gasteiger partial charge in [0.05, 0.1) is 43.5 Å². The summed E-state index contributed by atoms with van der Waals surface area (Å²) in [6, 6.07) is 15.0. The van der Waals surface area contributed by atoms with Gasteiger partial charge in [0.1, 0.15) is 24.0 Å². The topological polar surface area (TPSA) is 135 Å². The van der Waals surface area contributed by atoms with Crippen LogP contribution in [0, 0.1) is 11.3 Å². The van der Waals surface area contributed by atoms with Crippen LogP contribution in [0.5, 0.6) is 5.75 Å². The molecule has 6 rings (SSSR count). The van der Waals surface area contributed by atoms with Crippen LogP contribution in [0.4, 0.5) is 15.8 Å². The molecular weight excluding hydrogens is 591 g/mol. The van der Waals surface area contributed by atoms with Gasteiger partial charge >= 0.3 is 0 Å². The second-order valence-corrected chi connectivity index (χ2v) is 11.8. The van der Waals surface area contributed by atoms with Gasteiger partial charge < -0.3 is 29.9 Å². The molecule has 0 bridgehead atoms. The normalized spacial score (nSPS) is 23.8. The Labute approximate surface area is 267 Å². The van der Waals surface area contributed by atoms with Gasteiger partial charge in [-0.15, -0.1) is 0 Å². The van der Waals surface area contributed by atoms with Crippen LogP contribution in [-0.4, -0.2) is 111 Å². The van der Waals surface area contributed by atoms with Crippen molar-refractivity contribution in [2.75, 3.05) is 62.7 Å². The van der Waals surface area contributed by atoms with E-state index in [9.17, 15) is 14.9 Å². The maximum Gasteiger partial charge on any atom is 0.245 e. The zero-order valence-corrected chi connectivity index (χ0v) is 25.5. The molecule has 0 spiro atoms. The van der Waals surface area contributed by atoms with Crippen LogP contribution < -0.4 is 20.3 Å². The number of benzene rings is 2. The standard InChI is InChI=1S/C33H37FN8O4/c1-21(37-33(36-2)38-24-4-6-25(7-5-24)40-11-13-41(14-12-40)26-19-45-20-26)22-3-8-29(23(15-22)17-35)46-30-9-10-42(18-27(30)34)32(44)28-16-31(43)39-28/h3-8,15,26-28,30H,1-2,9-14,16,18-20H2,(H,37,38)(H,39,43)/t27-,28+,30+/m1/s1. The van der Waals surface area contributed by atoms with Crippen molar-refractivity contribution in [1.29, 1.82) is 5.26 Å². The molecule has 0 aliphatic carbocycles. The summed E-state index contributed by atoms with van der Waals surface area (Å²) in [5.74, 6) is 0.00980. The lowest BCUT2D eigenvalue weighted by atomic mass is 10.0. The number of hydrogen-bond acceptors (Lipinski definition) is 8. The number of nitriles is 1. The predicted octanol–water partition coefficient (Wildman–Crippen LogP) is 2.42. The van der Waals surface area contributed by atoms with E-state index in [0.29, 0.717) is 23.8 Å². The van der Waals surface area contributed by atoms with Gasteiger partial charge in [-0.2, -0.15) is 5.26 Å². The van der Waals surface area contributed by atoms with Crippen molar-refractivity contribution in [2.24, 2.45) is 9.98 Å². The minimum Gasteiger partial charge on any atom is -0.486 e. The average molecular weight is 629 g/mol. The molecule has 13 heteroatoms. The van der Waals surface area contributed by atoms with Gasteiger partial charge in [0.25, 0.3) is 0 Å². The number of β-lactam (4-membered cyclic amide) rings is 1. The lowest BCUT2D eigenvalue weighted by molar-refractivity contribution is -0.146. The molecule has 2 amide bonds. The SMILES string of the molecule is C=N/C(=N\C(=C)c1ccc(O[C@H]2CCN(C(=O)[C@@H]3CC(=O)N3)C[C@H]2F)c(C#N)c1)Nc1ccc(N2CCN(C3COC3)CC2)cc1. The maximum absolute atomic E-state index is 15.0. The van der Waals surface area contributed by atoms with Crippen molar-refractivity contribution in [1.82, 2.24) is 15.1 Å². The Balaban J connectivity index is 1.03. The number of anilines is 2. The van der Waals surface area contributed by atoms with Crippen LogP contribution in [0.1, 0.15) is 24.0 Å². The van der Waals surface area contributed by atoms with E-state index in [0.717, 1.165) is 50.8 Å². The number of guanidine groups is 1. The Morgan fingerprint density at radius 2 is 1.87 bits per heavy atom. The van der Waals surface area contributed by atoms with Crippen molar-refractivity contribution in [3.05, 3.63) is 60.2 Å². The van der Waals surface area contributed by atoms with E-state index in [1.165, 1.54) is 4.90 Å². The quantitative estimate of drug-likeness (QED) is 0.259. The molecule has 4 aliphatic rings. The third kappa shape index (κ3) is 6.88. The average Bonchev–Trinajstić information content (AvgIpc) is 3.03. The molecule has 2 N–H and O–H groups in total. The number of halogens is 1. The van der Waals surface area contributed by atoms with Gasteiger partial charge in [-0.05, 0) is 49.2 Å². The monoisotopic (exact) mass is 628 g/mol. The van der Waals surface area contributed by atoms with Crippen molar-refractivity contribution < 1.29 is 23.5 Å². The van der Waals surface area contributed by atoms with Gasteiger partial charge in [-0.25, -0.2) is 14.4 Å². The minimum atomic E-state index is -1.45. The van der Waals surface area contributed by atoms with Gasteiger partial charge in [0.15, 0.2) is 6.17 Å². The van der Waals surface area contributed by atoms with Crippen molar-refractivity contribution in [3.63, 3.8) is 0 Å². The molecule has 240 valence electrons. The number of nitrogens with zero attached hydrogens (tertiary/aromatic N) is 6. The van der Waals surface area contributed by atoms with Crippen molar-refractivity contribution in [2.45, 2.75) is 37.2 Å².